The molecule has 2 unspecified atom stereocenters. The number of aliphatic carboxylic acids is 1. The number of fused-ring (bicyclic) bond motifs is 1. The first kappa shape index (κ1) is 28.9. The van der Waals surface area contributed by atoms with Gasteiger partial charge in [0, 0.05) is 12.2 Å². The van der Waals surface area contributed by atoms with Crippen LogP contribution >= 0.6 is 12.6 Å². The molecule has 2 N–H and O–H groups in total. The molecular weight excluding hydrogens is 446 g/mol. The zero-order valence-corrected chi connectivity index (χ0v) is 21.5. The zero-order valence-electron chi connectivity index (χ0n) is 19.8. The van der Waals surface area contributed by atoms with Gasteiger partial charge in [0.05, 0.1) is 0 Å². The fraction of sp³-hybridized carbons (Fsp3) is 0.708. The lowest BCUT2D eigenvalue weighted by Crippen LogP contribution is -2.38. The molecular formula is C24H41NO5S2. The van der Waals surface area contributed by atoms with E-state index in [-0.39, 0.29) is 5.25 Å². The van der Waals surface area contributed by atoms with Crippen molar-refractivity contribution < 1.29 is 23.9 Å². The van der Waals surface area contributed by atoms with E-state index in [0.29, 0.717) is 12.5 Å². The molecule has 1 aliphatic rings. The van der Waals surface area contributed by atoms with Gasteiger partial charge in [0.15, 0.2) is 11.5 Å². The van der Waals surface area contributed by atoms with Crippen LogP contribution in [0.15, 0.2) is 18.2 Å². The highest BCUT2D eigenvalue weighted by Gasteiger charge is 2.19. The molecule has 3 atom stereocenters. The highest BCUT2D eigenvalue weighted by Crippen LogP contribution is 2.33. The maximum atomic E-state index is 12.3. The molecule has 6 nitrogen and oxygen atoms in total. The molecule has 0 fully saturated rings. The summed E-state index contributed by atoms with van der Waals surface area (Å²) in [5.41, 5.74) is 1.17. The van der Waals surface area contributed by atoms with Gasteiger partial charge in [0.25, 0.3) is 0 Å². The van der Waals surface area contributed by atoms with Crippen molar-refractivity contribution in [1.82, 2.24) is 5.32 Å². The molecule has 32 heavy (non-hydrogen) atoms. The minimum Gasteiger partial charge on any atom is -0.616 e. The molecule has 1 aromatic rings. The quantitative estimate of drug-likeness (QED) is 0.187. The van der Waals surface area contributed by atoms with Crippen molar-refractivity contribution in [3.8, 4) is 11.5 Å². The fourth-order valence-electron chi connectivity index (χ4n) is 3.27. The van der Waals surface area contributed by atoms with Crippen molar-refractivity contribution in [2.24, 2.45) is 0 Å². The molecule has 0 bridgehead atoms. The zero-order chi connectivity index (χ0) is 23.8. The summed E-state index contributed by atoms with van der Waals surface area (Å²) in [5.74, 6) is 1.96. The van der Waals surface area contributed by atoms with Crippen LogP contribution in [0.5, 0.6) is 11.5 Å². The first-order chi connectivity index (χ1) is 15.4. The van der Waals surface area contributed by atoms with E-state index in [1.54, 1.807) is 0 Å². The number of hydrogen-bond acceptors (Lipinski definition) is 6. The molecule has 1 aromatic carbocycles. The predicted molar refractivity (Wildman–Crippen MR) is 136 cm³/mol. The average molecular weight is 488 g/mol. The number of ether oxygens (including phenoxy) is 2. The van der Waals surface area contributed by atoms with Crippen LogP contribution in [0.2, 0.25) is 0 Å². The first-order valence-corrected chi connectivity index (χ1v) is 13.8. The molecule has 1 aliphatic heterocycles. The molecule has 8 heteroatoms. The second-order valence-electron chi connectivity index (χ2n) is 8.08. The van der Waals surface area contributed by atoms with Crippen LogP contribution < -0.4 is 14.8 Å². The van der Waals surface area contributed by atoms with Crippen molar-refractivity contribution in [2.45, 2.75) is 83.4 Å². The van der Waals surface area contributed by atoms with Crippen LogP contribution in [-0.4, -0.2) is 51.8 Å². The molecule has 0 amide bonds. The Balaban J connectivity index is 0.000000433. The molecule has 0 saturated heterocycles. The van der Waals surface area contributed by atoms with Crippen molar-refractivity contribution in [3.05, 3.63) is 23.8 Å². The molecule has 1 heterocycles. The Morgan fingerprint density at radius 1 is 1.16 bits per heavy atom. The van der Waals surface area contributed by atoms with Gasteiger partial charge in [-0.2, -0.15) is 12.6 Å². The Bertz CT molecular complexity index is 647. The average Bonchev–Trinajstić information content (AvgIpc) is 3.24. The number of unbranched alkanes of at least 4 members (excludes halogenated alkanes) is 5. The monoisotopic (exact) mass is 487 g/mol. The van der Waals surface area contributed by atoms with E-state index in [1.807, 2.05) is 25.1 Å². The van der Waals surface area contributed by atoms with Crippen molar-refractivity contribution >= 4 is 29.8 Å². The van der Waals surface area contributed by atoms with Gasteiger partial charge in [-0.3, -0.25) is 4.79 Å². The normalized spacial score (nSPS) is 14.9. The van der Waals surface area contributed by atoms with Crippen molar-refractivity contribution in [1.29, 1.82) is 0 Å². The summed E-state index contributed by atoms with van der Waals surface area (Å²) in [4.78, 5) is 10.3. The van der Waals surface area contributed by atoms with Gasteiger partial charge < -0.3 is 24.4 Å². The van der Waals surface area contributed by atoms with Gasteiger partial charge in [0.2, 0.25) is 6.79 Å². The van der Waals surface area contributed by atoms with E-state index in [4.69, 9.17) is 14.6 Å². The molecule has 0 saturated carbocycles. The second kappa shape index (κ2) is 17.4. The summed E-state index contributed by atoms with van der Waals surface area (Å²) >= 11 is 3.14. The molecule has 0 aliphatic carbocycles. The van der Waals surface area contributed by atoms with E-state index in [1.165, 1.54) is 37.7 Å². The maximum absolute atomic E-state index is 12.3. The highest BCUT2D eigenvalue weighted by atomic mass is 32.2. The summed E-state index contributed by atoms with van der Waals surface area (Å²) in [6, 6.07) is 5.51. The van der Waals surface area contributed by atoms with Crippen LogP contribution in [0, 0.1) is 0 Å². The number of nitrogens with one attached hydrogen (secondary N) is 1. The SMILES string of the molecule is CCCCCCCC[S+]([O-])C(C)Cc1ccc2c(c1)OCO2.CCCN[C@@H](CS)C(=O)O. The third-order valence-electron chi connectivity index (χ3n) is 5.23. The van der Waals surface area contributed by atoms with E-state index >= 15 is 0 Å². The van der Waals surface area contributed by atoms with Crippen molar-refractivity contribution in [2.75, 3.05) is 24.8 Å². The Kier molecular flexibility index (Phi) is 15.7. The van der Waals surface area contributed by atoms with Crippen LogP contribution in [0.4, 0.5) is 0 Å². The number of carbonyl (C=O) groups is 1. The van der Waals surface area contributed by atoms with Gasteiger partial charge in [-0.25, -0.2) is 0 Å². The lowest BCUT2D eigenvalue weighted by molar-refractivity contribution is -0.138. The second-order valence-corrected chi connectivity index (χ2v) is 10.4. The number of carboxylic acid groups (broad SMARTS) is 1. The molecule has 0 spiro atoms. The van der Waals surface area contributed by atoms with E-state index in [2.05, 4.69) is 31.8 Å². The largest absolute Gasteiger partial charge is 0.616 e. The van der Waals surface area contributed by atoms with Gasteiger partial charge in [-0.1, -0.05) is 56.8 Å². The smallest absolute Gasteiger partial charge is 0.321 e. The van der Waals surface area contributed by atoms with E-state index in [9.17, 15) is 9.35 Å². The molecule has 0 aromatic heterocycles. The number of rotatable bonds is 15. The van der Waals surface area contributed by atoms with Gasteiger partial charge in [0.1, 0.15) is 17.0 Å². The number of hydrogen-bond donors (Lipinski definition) is 3. The Morgan fingerprint density at radius 3 is 2.50 bits per heavy atom. The maximum Gasteiger partial charge on any atom is 0.321 e. The topological polar surface area (TPSA) is 90.9 Å². The number of thiol groups is 1. The van der Waals surface area contributed by atoms with Crippen LogP contribution in [-0.2, 0) is 22.4 Å². The minimum atomic E-state index is -0.830. The summed E-state index contributed by atoms with van der Waals surface area (Å²) < 4.78 is 23.0. The van der Waals surface area contributed by atoms with Crippen LogP contribution in [0.1, 0.15) is 71.3 Å². The van der Waals surface area contributed by atoms with Crippen molar-refractivity contribution in [3.63, 3.8) is 0 Å². The van der Waals surface area contributed by atoms with Gasteiger partial charge in [-0.15, -0.1) is 0 Å². The lowest BCUT2D eigenvalue weighted by Gasteiger charge is -2.18. The Morgan fingerprint density at radius 2 is 1.84 bits per heavy atom. The third-order valence-corrected chi connectivity index (χ3v) is 7.35. The minimum absolute atomic E-state index is 0.191. The first-order valence-electron chi connectivity index (χ1n) is 11.8. The summed E-state index contributed by atoms with van der Waals surface area (Å²) in [6.07, 6.45) is 9.26. The van der Waals surface area contributed by atoms with Crippen LogP contribution in [0.3, 0.4) is 0 Å². The van der Waals surface area contributed by atoms with E-state index in [0.717, 1.165) is 43.1 Å². The van der Waals surface area contributed by atoms with E-state index < -0.39 is 23.2 Å². The van der Waals surface area contributed by atoms with Gasteiger partial charge in [-0.05, 0) is 50.4 Å². The number of carboxylic acids is 1. The Hall–Kier alpha value is -1.09. The Labute approximate surface area is 202 Å². The molecule has 0 radical (unpaired) electrons. The molecule has 184 valence electrons. The van der Waals surface area contributed by atoms with Gasteiger partial charge >= 0.3 is 5.97 Å². The summed E-state index contributed by atoms with van der Waals surface area (Å²) in [5, 5.41) is 11.5. The molecule has 2 rings (SSSR count). The summed E-state index contributed by atoms with van der Waals surface area (Å²) in [7, 11) is 0. The summed E-state index contributed by atoms with van der Waals surface area (Å²) in [6.45, 7) is 7.34. The fourth-order valence-corrected chi connectivity index (χ4v) is 4.82. The highest BCUT2D eigenvalue weighted by molar-refractivity contribution is 7.92. The number of benzene rings is 1. The van der Waals surface area contributed by atoms with Crippen LogP contribution in [0.25, 0.3) is 0 Å². The standard InChI is InChI=1S/C18H28O3S.C6H13NO2S/c1-3-4-5-6-7-8-11-22(19)15(2)12-16-9-10-17-18(13-16)21-14-20-17;1-2-3-7-5(4-10)6(8)9/h9-10,13,15H,3-8,11-12,14H2,1-2H3;5,7,10H,2-4H2,1H3,(H,8,9)/t;5-/m.0/s1. The predicted octanol–water partition coefficient (Wildman–Crippen LogP) is 4.82. The lowest BCUT2D eigenvalue weighted by atomic mass is 10.1. The third kappa shape index (κ3) is 11.7.